The summed E-state index contributed by atoms with van der Waals surface area (Å²) < 4.78 is 0. The summed E-state index contributed by atoms with van der Waals surface area (Å²) in [6, 6.07) is 10.7. The van der Waals surface area contributed by atoms with Crippen LogP contribution >= 0.6 is 0 Å². The molecular weight excluding hydrogens is 184 g/mol. The van der Waals surface area contributed by atoms with Crippen molar-refractivity contribution >= 4 is 0 Å². The van der Waals surface area contributed by atoms with E-state index in [-0.39, 0.29) is 5.54 Å². The Labute approximate surface area is 93.1 Å². The monoisotopic (exact) mass is 206 g/mol. The molecule has 1 atom stereocenters. The molecule has 0 aromatic heterocycles. The smallest absolute Gasteiger partial charge is 0.0493 e. The fourth-order valence-electron chi connectivity index (χ4n) is 1.74. The van der Waals surface area contributed by atoms with Gasteiger partial charge in [-0.2, -0.15) is 0 Å². The summed E-state index contributed by atoms with van der Waals surface area (Å²) in [4.78, 5) is 0. The molecular formula is C13H22N2. The van der Waals surface area contributed by atoms with Gasteiger partial charge in [0.1, 0.15) is 0 Å². The largest absolute Gasteiger partial charge is 0.268 e. The molecule has 0 amide bonds. The second kappa shape index (κ2) is 4.77. The summed E-state index contributed by atoms with van der Waals surface area (Å²) in [7, 11) is 0. The van der Waals surface area contributed by atoms with E-state index in [0.29, 0.717) is 6.04 Å². The Hall–Kier alpha value is -0.860. The third-order valence-electron chi connectivity index (χ3n) is 2.68. The van der Waals surface area contributed by atoms with Crippen molar-refractivity contribution in [3.8, 4) is 0 Å². The molecule has 0 saturated carbocycles. The lowest BCUT2D eigenvalue weighted by atomic mass is 9.99. The molecule has 2 N–H and O–H groups in total. The summed E-state index contributed by atoms with van der Waals surface area (Å²) >= 11 is 0. The van der Waals surface area contributed by atoms with Crippen LogP contribution in [0.25, 0.3) is 0 Å². The van der Waals surface area contributed by atoms with Crippen LogP contribution in [-0.2, 0) is 0 Å². The van der Waals surface area contributed by atoms with E-state index in [2.05, 4.69) is 52.0 Å². The van der Waals surface area contributed by atoms with Crippen molar-refractivity contribution in [3.05, 3.63) is 35.9 Å². The van der Waals surface area contributed by atoms with Gasteiger partial charge in [0.15, 0.2) is 0 Å². The molecule has 1 rings (SSSR count). The molecule has 2 nitrogen and oxygen atoms in total. The minimum Gasteiger partial charge on any atom is -0.268 e. The summed E-state index contributed by atoms with van der Waals surface area (Å²) in [5.41, 5.74) is 1.29. The molecule has 0 bridgehead atoms. The fraction of sp³-hybridized carbons (Fsp3) is 0.538. The van der Waals surface area contributed by atoms with Crippen molar-refractivity contribution in [1.29, 1.82) is 0 Å². The van der Waals surface area contributed by atoms with Gasteiger partial charge in [-0.05, 0) is 32.8 Å². The zero-order chi connectivity index (χ0) is 11.5. The van der Waals surface area contributed by atoms with Crippen LogP contribution in [0.15, 0.2) is 30.3 Å². The highest BCUT2D eigenvalue weighted by atomic mass is 15.5. The summed E-state index contributed by atoms with van der Waals surface area (Å²) in [6.07, 6.45) is 1.03. The molecule has 0 spiro atoms. The fourth-order valence-corrected chi connectivity index (χ4v) is 1.74. The second-order valence-electron chi connectivity index (χ2n) is 4.91. The Morgan fingerprint density at radius 2 is 1.73 bits per heavy atom. The highest BCUT2D eigenvalue weighted by Gasteiger charge is 2.25. The Bertz CT molecular complexity index is 287. The Balaban J connectivity index is 2.90. The molecule has 0 aliphatic heterocycles. The molecule has 84 valence electrons. The SMILES string of the molecule is CCC(c1ccccc1)N(N)C(C)(C)C. The van der Waals surface area contributed by atoms with Gasteiger partial charge in [0.05, 0.1) is 0 Å². The van der Waals surface area contributed by atoms with Crippen LogP contribution in [-0.4, -0.2) is 10.5 Å². The van der Waals surface area contributed by atoms with Crippen LogP contribution < -0.4 is 5.84 Å². The van der Waals surface area contributed by atoms with E-state index in [9.17, 15) is 0 Å². The molecule has 0 aliphatic carbocycles. The number of nitrogens with two attached hydrogens (primary N) is 1. The molecule has 0 aliphatic rings. The third-order valence-corrected chi connectivity index (χ3v) is 2.68. The molecule has 1 aromatic carbocycles. The van der Waals surface area contributed by atoms with Crippen molar-refractivity contribution in [2.75, 3.05) is 0 Å². The normalized spacial score (nSPS) is 14.3. The van der Waals surface area contributed by atoms with Gasteiger partial charge in [-0.15, -0.1) is 0 Å². The lowest BCUT2D eigenvalue weighted by molar-refractivity contribution is 0.0789. The van der Waals surface area contributed by atoms with Crippen molar-refractivity contribution in [1.82, 2.24) is 5.01 Å². The molecule has 1 unspecified atom stereocenters. The zero-order valence-corrected chi connectivity index (χ0v) is 10.2. The summed E-state index contributed by atoms with van der Waals surface area (Å²) in [5.74, 6) is 6.17. The maximum atomic E-state index is 6.17. The van der Waals surface area contributed by atoms with Crippen molar-refractivity contribution in [2.45, 2.75) is 45.7 Å². The van der Waals surface area contributed by atoms with Gasteiger partial charge in [-0.25, -0.2) is 5.01 Å². The second-order valence-corrected chi connectivity index (χ2v) is 4.91. The average Bonchev–Trinajstić information content (AvgIpc) is 2.19. The Kier molecular flexibility index (Phi) is 3.89. The summed E-state index contributed by atoms with van der Waals surface area (Å²) in [5, 5.41) is 1.95. The molecule has 2 heteroatoms. The predicted molar refractivity (Wildman–Crippen MR) is 65.3 cm³/mol. The van der Waals surface area contributed by atoms with Crippen molar-refractivity contribution in [3.63, 3.8) is 0 Å². The lowest BCUT2D eigenvalue weighted by Gasteiger charge is -2.37. The quantitative estimate of drug-likeness (QED) is 0.608. The van der Waals surface area contributed by atoms with E-state index in [0.717, 1.165) is 6.42 Å². The highest BCUT2D eigenvalue weighted by Crippen LogP contribution is 2.26. The van der Waals surface area contributed by atoms with Gasteiger partial charge in [0, 0.05) is 11.6 Å². The highest BCUT2D eigenvalue weighted by molar-refractivity contribution is 5.19. The maximum Gasteiger partial charge on any atom is 0.0493 e. The molecule has 1 aromatic rings. The molecule has 0 radical (unpaired) electrons. The molecule has 0 heterocycles. The topological polar surface area (TPSA) is 29.3 Å². The van der Waals surface area contributed by atoms with Crippen LogP contribution in [0.4, 0.5) is 0 Å². The molecule has 0 saturated heterocycles. The standard InChI is InChI=1S/C13H22N2/c1-5-12(15(14)13(2,3)4)11-9-7-6-8-10-11/h6-10,12H,5,14H2,1-4H3. The van der Waals surface area contributed by atoms with E-state index in [1.807, 2.05) is 11.1 Å². The lowest BCUT2D eigenvalue weighted by Crippen LogP contribution is -2.48. The van der Waals surface area contributed by atoms with Gasteiger partial charge >= 0.3 is 0 Å². The van der Waals surface area contributed by atoms with E-state index in [1.54, 1.807) is 0 Å². The van der Waals surface area contributed by atoms with E-state index < -0.39 is 0 Å². The van der Waals surface area contributed by atoms with E-state index in [1.165, 1.54) is 5.56 Å². The minimum absolute atomic E-state index is 0.00345. The number of benzene rings is 1. The first-order valence-corrected chi connectivity index (χ1v) is 5.55. The van der Waals surface area contributed by atoms with Crippen molar-refractivity contribution in [2.24, 2.45) is 5.84 Å². The zero-order valence-electron chi connectivity index (χ0n) is 10.2. The number of nitrogens with zero attached hydrogens (tertiary/aromatic N) is 1. The van der Waals surface area contributed by atoms with Crippen LogP contribution in [0.3, 0.4) is 0 Å². The predicted octanol–water partition coefficient (Wildman–Crippen LogP) is 3.11. The maximum absolute atomic E-state index is 6.17. The minimum atomic E-state index is -0.00345. The van der Waals surface area contributed by atoms with Gasteiger partial charge in [-0.1, -0.05) is 37.3 Å². The first-order chi connectivity index (χ1) is 6.96. The number of hydrogen-bond acceptors (Lipinski definition) is 2. The number of rotatable bonds is 3. The molecule has 0 fully saturated rings. The van der Waals surface area contributed by atoms with E-state index >= 15 is 0 Å². The number of hydrogen-bond donors (Lipinski definition) is 1. The van der Waals surface area contributed by atoms with Crippen LogP contribution in [0, 0.1) is 0 Å². The van der Waals surface area contributed by atoms with Gasteiger partial charge in [0.2, 0.25) is 0 Å². The van der Waals surface area contributed by atoms with Crippen LogP contribution in [0.5, 0.6) is 0 Å². The van der Waals surface area contributed by atoms with E-state index in [4.69, 9.17) is 5.84 Å². The van der Waals surface area contributed by atoms with Gasteiger partial charge < -0.3 is 0 Å². The summed E-state index contributed by atoms with van der Waals surface area (Å²) in [6.45, 7) is 8.58. The Morgan fingerprint density at radius 1 is 1.20 bits per heavy atom. The van der Waals surface area contributed by atoms with Gasteiger partial charge in [-0.3, -0.25) is 5.84 Å². The number of hydrazine groups is 1. The van der Waals surface area contributed by atoms with Crippen molar-refractivity contribution < 1.29 is 0 Å². The first kappa shape index (κ1) is 12.2. The molecule has 15 heavy (non-hydrogen) atoms. The van der Waals surface area contributed by atoms with Gasteiger partial charge in [0.25, 0.3) is 0 Å². The van der Waals surface area contributed by atoms with Crippen LogP contribution in [0.2, 0.25) is 0 Å². The average molecular weight is 206 g/mol. The Morgan fingerprint density at radius 3 is 2.13 bits per heavy atom. The van der Waals surface area contributed by atoms with Crippen LogP contribution in [0.1, 0.15) is 45.7 Å². The first-order valence-electron chi connectivity index (χ1n) is 5.55. The third kappa shape index (κ3) is 3.05.